The van der Waals surface area contributed by atoms with Crippen molar-refractivity contribution in [3.8, 4) is 0 Å². The molecule has 0 atom stereocenters. The summed E-state index contributed by atoms with van der Waals surface area (Å²) in [6.07, 6.45) is 4.28. The van der Waals surface area contributed by atoms with E-state index >= 15 is 0 Å². The van der Waals surface area contributed by atoms with Crippen LogP contribution in [0.15, 0.2) is 6.20 Å². The first kappa shape index (κ1) is 15.2. The molecule has 0 amide bonds. The average molecular weight is 251 g/mol. The molecule has 0 spiro atoms. The third-order valence-corrected chi connectivity index (χ3v) is 3.06. The van der Waals surface area contributed by atoms with Gasteiger partial charge < -0.3 is 5.32 Å². The second kappa shape index (κ2) is 5.43. The lowest BCUT2D eigenvalue weighted by atomic mass is 9.82. The molecule has 1 aromatic rings. The Balaban J connectivity index is 2.63. The van der Waals surface area contributed by atoms with Gasteiger partial charge >= 0.3 is 0 Å². The van der Waals surface area contributed by atoms with Gasteiger partial charge in [-0.2, -0.15) is 5.10 Å². The van der Waals surface area contributed by atoms with Gasteiger partial charge in [0.05, 0.1) is 5.69 Å². The van der Waals surface area contributed by atoms with Crippen LogP contribution in [0.25, 0.3) is 0 Å². The third-order valence-electron chi connectivity index (χ3n) is 3.06. The zero-order valence-electron chi connectivity index (χ0n) is 13.1. The van der Waals surface area contributed by atoms with E-state index in [-0.39, 0.29) is 5.54 Å². The molecule has 1 N–H and O–H groups in total. The molecule has 1 rings (SSSR count). The fraction of sp³-hybridized carbons (Fsp3) is 0.800. The number of hydrogen-bond acceptors (Lipinski definition) is 2. The molecule has 1 heterocycles. The highest BCUT2D eigenvalue weighted by Gasteiger charge is 2.25. The molecule has 0 fully saturated rings. The Morgan fingerprint density at radius 1 is 1.22 bits per heavy atom. The van der Waals surface area contributed by atoms with Gasteiger partial charge in [0, 0.05) is 30.9 Å². The lowest BCUT2D eigenvalue weighted by Crippen LogP contribution is -2.41. The molecule has 0 saturated carbocycles. The molecule has 3 nitrogen and oxygen atoms in total. The molecule has 104 valence electrons. The van der Waals surface area contributed by atoms with E-state index in [2.05, 4.69) is 58.2 Å². The summed E-state index contributed by atoms with van der Waals surface area (Å²) in [7, 11) is 1.99. The minimum absolute atomic E-state index is 0.152. The van der Waals surface area contributed by atoms with Crippen molar-refractivity contribution in [3.05, 3.63) is 17.5 Å². The molecule has 1 aromatic heterocycles. The van der Waals surface area contributed by atoms with Crippen LogP contribution in [-0.2, 0) is 20.0 Å². The zero-order valence-corrected chi connectivity index (χ0v) is 13.1. The van der Waals surface area contributed by atoms with Crippen LogP contribution in [-0.4, -0.2) is 15.3 Å². The summed E-state index contributed by atoms with van der Waals surface area (Å²) < 4.78 is 1.91. The van der Waals surface area contributed by atoms with Gasteiger partial charge in [0.15, 0.2) is 0 Å². The molecule has 0 bridgehead atoms. The highest BCUT2D eigenvalue weighted by atomic mass is 15.3. The van der Waals surface area contributed by atoms with Gasteiger partial charge in [0.1, 0.15) is 0 Å². The molecular formula is C15H29N3. The maximum Gasteiger partial charge on any atom is 0.0666 e. The first-order valence-corrected chi connectivity index (χ1v) is 6.89. The van der Waals surface area contributed by atoms with E-state index < -0.39 is 0 Å². The quantitative estimate of drug-likeness (QED) is 0.870. The molecule has 18 heavy (non-hydrogen) atoms. The summed E-state index contributed by atoms with van der Waals surface area (Å²) in [5, 5.41) is 8.15. The van der Waals surface area contributed by atoms with E-state index in [1.165, 1.54) is 11.3 Å². The Labute approximate surface area is 112 Å². The minimum Gasteiger partial charge on any atom is -0.308 e. The van der Waals surface area contributed by atoms with E-state index in [1.807, 2.05) is 11.7 Å². The lowest BCUT2D eigenvalue weighted by molar-refractivity contribution is 0.240. The van der Waals surface area contributed by atoms with Gasteiger partial charge in [-0.15, -0.1) is 0 Å². The zero-order chi connectivity index (χ0) is 14.0. The maximum absolute atomic E-state index is 4.48. The van der Waals surface area contributed by atoms with Gasteiger partial charge in [-0.25, -0.2) is 0 Å². The van der Waals surface area contributed by atoms with Crippen molar-refractivity contribution in [2.45, 2.75) is 66.5 Å². The van der Waals surface area contributed by atoms with Crippen molar-refractivity contribution in [3.63, 3.8) is 0 Å². The summed E-state index contributed by atoms with van der Waals surface area (Å²) in [5.41, 5.74) is 3.02. The molecule has 0 radical (unpaired) electrons. The van der Waals surface area contributed by atoms with Crippen LogP contribution in [0.3, 0.4) is 0 Å². The Hall–Kier alpha value is -0.830. The fourth-order valence-electron chi connectivity index (χ4n) is 2.75. The molecule has 0 unspecified atom stereocenters. The second-order valence-electron chi connectivity index (χ2n) is 7.10. The normalized spacial score (nSPS) is 13.1. The predicted octanol–water partition coefficient (Wildman–Crippen LogP) is 3.29. The van der Waals surface area contributed by atoms with Crippen LogP contribution in [0.2, 0.25) is 0 Å². The van der Waals surface area contributed by atoms with Crippen LogP contribution in [0, 0.1) is 5.41 Å². The molecule has 0 aliphatic carbocycles. The summed E-state index contributed by atoms with van der Waals surface area (Å²) in [4.78, 5) is 0. The molecule has 0 saturated heterocycles. The van der Waals surface area contributed by atoms with Crippen LogP contribution in [0.5, 0.6) is 0 Å². The van der Waals surface area contributed by atoms with Crippen molar-refractivity contribution < 1.29 is 0 Å². The lowest BCUT2D eigenvalue weighted by Gasteiger charge is -2.33. The molecule has 0 aliphatic heterocycles. The molecular weight excluding hydrogens is 222 g/mol. The highest BCUT2D eigenvalue weighted by molar-refractivity contribution is 5.17. The van der Waals surface area contributed by atoms with Crippen molar-refractivity contribution in [1.29, 1.82) is 0 Å². The monoisotopic (exact) mass is 251 g/mol. The van der Waals surface area contributed by atoms with Gasteiger partial charge in [-0.05, 0) is 32.1 Å². The Kier molecular flexibility index (Phi) is 4.60. The largest absolute Gasteiger partial charge is 0.308 e. The topological polar surface area (TPSA) is 29.9 Å². The van der Waals surface area contributed by atoms with Crippen molar-refractivity contribution in [2.24, 2.45) is 12.5 Å². The van der Waals surface area contributed by atoms with Gasteiger partial charge in [-0.3, -0.25) is 4.68 Å². The van der Waals surface area contributed by atoms with E-state index in [9.17, 15) is 0 Å². The predicted molar refractivity (Wildman–Crippen MR) is 77.6 cm³/mol. The Morgan fingerprint density at radius 2 is 1.83 bits per heavy atom. The molecule has 3 heteroatoms. The first-order valence-electron chi connectivity index (χ1n) is 6.89. The van der Waals surface area contributed by atoms with Crippen LogP contribution in [0.4, 0.5) is 0 Å². The van der Waals surface area contributed by atoms with Crippen LogP contribution in [0.1, 0.15) is 59.2 Å². The molecule has 0 aliphatic rings. The van der Waals surface area contributed by atoms with E-state index in [1.54, 1.807) is 0 Å². The third kappa shape index (κ3) is 4.81. The highest BCUT2D eigenvalue weighted by Crippen LogP contribution is 2.27. The Morgan fingerprint density at radius 3 is 2.33 bits per heavy atom. The van der Waals surface area contributed by atoms with E-state index in [0.717, 1.165) is 19.4 Å². The molecule has 0 aromatic carbocycles. The number of nitrogens with zero attached hydrogens (tertiary/aromatic N) is 2. The van der Waals surface area contributed by atoms with Gasteiger partial charge in [-0.1, -0.05) is 27.7 Å². The van der Waals surface area contributed by atoms with E-state index in [4.69, 9.17) is 0 Å². The smallest absolute Gasteiger partial charge is 0.0666 e. The fourth-order valence-corrected chi connectivity index (χ4v) is 2.75. The van der Waals surface area contributed by atoms with Crippen molar-refractivity contribution >= 4 is 0 Å². The number of rotatable bonds is 5. The minimum atomic E-state index is 0.152. The number of hydrogen-bond donors (Lipinski definition) is 1. The summed E-state index contributed by atoms with van der Waals surface area (Å²) >= 11 is 0. The van der Waals surface area contributed by atoms with Crippen molar-refractivity contribution in [1.82, 2.24) is 15.1 Å². The average Bonchev–Trinajstić information content (AvgIpc) is 2.52. The van der Waals surface area contributed by atoms with Crippen molar-refractivity contribution in [2.75, 3.05) is 0 Å². The van der Waals surface area contributed by atoms with Crippen LogP contribution < -0.4 is 5.32 Å². The summed E-state index contributed by atoms with van der Waals surface area (Å²) in [6, 6.07) is 0. The van der Waals surface area contributed by atoms with Crippen LogP contribution >= 0.6 is 0 Å². The second-order valence-corrected chi connectivity index (χ2v) is 7.10. The summed E-state index contributed by atoms with van der Waals surface area (Å²) in [5.74, 6) is 0. The number of nitrogens with one attached hydrogen (secondary N) is 1. The van der Waals surface area contributed by atoms with Gasteiger partial charge in [0.25, 0.3) is 0 Å². The Bertz CT molecular complexity index is 383. The first-order chi connectivity index (χ1) is 8.13. The van der Waals surface area contributed by atoms with E-state index in [0.29, 0.717) is 5.41 Å². The van der Waals surface area contributed by atoms with Gasteiger partial charge in [0.2, 0.25) is 0 Å². The number of aryl methyl sites for hydroxylation is 2. The maximum atomic E-state index is 4.48. The summed E-state index contributed by atoms with van der Waals surface area (Å²) in [6.45, 7) is 14.5. The SMILES string of the molecule is CCc1nn(C)cc1CNC(C)(C)CC(C)(C)C. The standard InChI is InChI=1S/C15H29N3/c1-8-13-12(10-18(7)17-13)9-16-15(5,6)11-14(2,3)4/h10,16H,8-9,11H2,1-7H3. The number of aromatic nitrogens is 2.